The highest BCUT2D eigenvalue weighted by molar-refractivity contribution is 7.78. The minimum atomic E-state index is -5.86. The van der Waals surface area contributed by atoms with Crippen LogP contribution in [0.1, 0.15) is 190 Å². The Morgan fingerprint density at radius 1 is 0.586 bits per heavy atom. The van der Waals surface area contributed by atoms with Crippen LogP contribution in [-0.2, 0) is 27.4 Å². The zero-order chi connectivity index (χ0) is 82.9. The predicted octanol–water partition coefficient (Wildman–Crippen LogP) is 23.5. The Labute approximate surface area is 655 Å². The van der Waals surface area contributed by atoms with Crippen LogP contribution in [-0.4, -0.2) is 126 Å². The number of hydrogen-bond donors (Lipinski definition) is 3. The molecule has 6 saturated carbocycles. The molecule has 9 aliphatic rings. The summed E-state index contributed by atoms with van der Waals surface area (Å²) in [6.07, 6.45) is 3.48. The molecule has 0 amide bonds. The number of aliphatic hydroxyl groups excluding tert-OH is 2. The molecule has 1 saturated heterocycles. The fourth-order valence-corrected chi connectivity index (χ4v) is 23.7. The van der Waals surface area contributed by atoms with E-state index < -0.39 is 91.0 Å². The quantitative estimate of drug-likeness (QED) is 0.0544. The Hall–Kier alpha value is -4.21. The zero-order valence-corrected chi connectivity index (χ0v) is 71.8. The van der Waals surface area contributed by atoms with Crippen molar-refractivity contribution in [1.82, 2.24) is 0 Å². The molecule has 7 fully saturated rings. The third-order valence-corrected chi connectivity index (χ3v) is 38.7. The number of fused-ring (bicyclic) bond motifs is 2. The van der Waals surface area contributed by atoms with Gasteiger partial charge in [0.05, 0.1) is 24.4 Å². The van der Waals surface area contributed by atoms with Crippen LogP contribution in [0.3, 0.4) is 0 Å². The summed E-state index contributed by atoms with van der Waals surface area (Å²) in [5, 5.41) is 31.3. The molecule has 622 valence electrons. The molecule has 111 heavy (non-hydrogen) atoms. The molecule has 8 aliphatic carbocycles. The van der Waals surface area contributed by atoms with Crippen LogP contribution in [0.2, 0.25) is 55.9 Å². The van der Waals surface area contributed by atoms with E-state index in [-0.39, 0.29) is 75.7 Å². The Balaban J connectivity index is 0.000000203. The number of aliphatic hydroxyl groups is 3. The summed E-state index contributed by atoms with van der Waals surface area (Å²) in [7, 11) is -10.1. The lowest BCUT2D eigenvalue weighted by molar-refractivity contribution is -0.347. The second-order valence-electron chi connectivity index (χ2n) is 37.3. The topological polar surface area (TPSA) is 132 Å². The molecule has 4 unspecified atom stereocenters. The molecule has 8 atom stereocenters. The van der Waals surface area contributed by atoms with Gasteiger partial charge < -0.3 is 37.9 Å². The van der Waals surface area contributed by atoms with E-state index in [1.54, 1.807) is 0 Å². The molecule has 9 nitrogen and oxygen atoms in total. The van der Waals surface area contributed by atoms with Gasteiger partial charge in [0.15, 0.2) is 25.0 Å². The molecule has 0 bridgehead atoms. The zero-order valence-electron chi connectivity index (χ0n) is 67.9. The second-order valence-corrected chi connectivity index (χ2v) is 54.1. The maximum Gasteiger partial charge on any atom is 0.429 e. The predicted molar refractivity (Wildman–Crippen MR) is 426 cm³/mol. The van der Waals surface area contributed by atoms with Crippen LogP contribution < -0.4 is 10.6 Å². The van der Waals surface area contributed by atoms with Crippen LogP contribution in [0.25, 0.3) is 0 Å². The van der Waals surface area contributed by atoms with Gasteiger partial charge in [-0.15, -0.1) is 0 Å². The van der Waals surface area contributed by atoms with Crippen molar-refractivity contribution in [2.24, 2.45) is 33.5 Å². The molecule has 11 rings (SSSR count). The standard InChI is InChI=1S/C33H51O3PSi2.C27H34F6O3.C22H30F6O2Si.C4H8O/c1-26-27(22-23-37(34,29-18-14-12-15-19-29)30-20-16-13-17-21-30)24-28(35-38(8,9)32(2,3)4)25-31(26)36-39(10,11)33(5,6)7;1-23-9-2-4-18(6-5-17-14-19(34)16-20(35)15-17)21(23)7-8-22(23)24(12-13-24)10-3-11-25(36,26(28,29)30)27(31,32)33;1-18-10-5-7-16(29)15(18)8-9-17(18)19(13-14-19)11-6-12-20(21(23,24)25,22(26,27)28)30-31(2,3)4;1-2-4-5-3-1/h12-22,28,31H,1,23-25H2,2-11H3;3,5-6,8,11,19-21,34-36H,2,4,7,9-10,12-16H2,1H3;6,9,12,15H,5,7-8,10-11,13-14H2,1-4H3;1-4H2/b27-22-;11-3-,17-5?,18-6+;12-6-;/t28?,31-;19-,20?,21?,23+;15?,18-;/m010./s1. The third kappa shape index (κ3) is 21.2. The highest BCUT2D eigenvalue weighted by Crippen LogP contribution is 2.69. The van der Waals surface area contributed by atoms with Gasteiger partial charge in [0, 0.05) is 48.7 Å². The number of carbonyl (C=O) groups is 1. The van der Waals surface area contributed by atoms with E-state index in [2.05, 4.69) is 99.5 Å². The molecule has 25 heteroatoms. The van der Waals surface area contributed by atoms with Gasteiger partial charge in [0.25, 0.3) is 11.2 Å². The normalized spacial score (nSPS) is 28.1. The highest BCUT2D eigenvalue weighted by atomic mass is 31.2. The van der Waals surface area contributed by atoms with Crippen LogP contribution in [0.5, 0.6) is 0 Å². The first-order chi connectivity index (χ1) is 51.0. The molecule has 0 spiro atoms. The molecule has 0 aromatic heterocycles. The van der Waals surface area contributed by atoms with Crippen molar-refractivity contribution >= 4 is 48.5 Å². The molecule has 3 N–H and O–H groups in total. The largest absolute Gasteiger partial charge is 0.429 e. The maximum atomic E-state index is 14.7. The summed E-state index contributed by atoms with van der Waals surface area (Å²) in [4.78, 5) is 12.4. The van der Waals surface area contributed by atoms with Crippen LogP contribution in [0.4, 0.5) is 52.7 Å². The average Bonchev–Trinajstić information content (AvgIpc) is 1.58. The highest BCUT2D eigenvalue weighted by Gasteiger charge is 2.72. The number of halogens is 12. The number of allylic oxidation sites excluding steroid dienone is 10. The first-order valence-electron chi connectivity index (χ1n) is 39.7. The van der Waals surface area contributed by atoms with Crippen LogP contribution >= 0.6 is 7.14 Å². The second kappa shape index (κ2) is 34.4. The lowest BCUT2D eigenvalue weighted by atomic mass is 9.61. The first-order valence-corrected chi connectivity index (χ1v) is 50.8. The molecule has 2 aromatic carbocycles. The fourth-order valence-electron chi connectivity index (χ4n) is 17.3. The summed E-state index contributed by atoms with van der Waals surface area (Å²) in [6, 6.07) is 19.8. The van der Waals surface area contributed by atoms with Crippen LogP contribution in [0, 0.1) is 33.5 Å². The minimum Gasteiger partial charge on any atom is -0.413 e. The Bertz CT molecular complexity index is 3730. The van der Waals surface area contributed by atoms with Gasteiger partial charge in [-0.1, -0.05) is 187 Å². The summed E-state index contributed by atoms with van der Waals surface area (Å²) in [5.41, 5.74) is -4.03. The Morgan fingerprint density at radius 2 is 1.04 bits per heavy atom. The van der Waals surface area contributed by atoms with E-state index in [9.17, 15) is 77.4 Å². The maximum absolute atomic E-state index is 14.7. The van der Waals surface area contributed by atoms with E-state index in [4.69, 9.17) is 18.0 Å². The third-order valence-electron chi connectivity index (χ3n) is 25.8. The van der Waals surface area contributed by atoms with Gasteiger partial charge in [0.2, 0.25) is 0 Å². The number of ether oxygens (including phenoxy) is 1. The van der Waals surface area contributed by atoms with E-state index in [0.717, 1.165) is 115 Å². The lowest BCUT2D eigenvalue weighted by Gasteiger charge is -2.45. The van der Waals surface area contributed by atoms with Gasteiger partial charge in [-0.3, -0.25) is 4.79 Å². The SMILES string of the molecule is C1CCOC1.C=C1/C(=C\CP(=O)(c2ccccc2)c2ccccc2)CC(O[Si](C)(C)C(C)(C)C)C[C@@H]1O[Si](C)(C)C(C)(C)C.C[C@]12CCC/C(=C\C=C3CC(O)C[C@H](O)C3)C1CC=C2C1(C/C=C\C(O)(C(F)(F)F)C(F)(F)F)CC1.C[C@]12CCCC(=O)C1CC=C2C1(C/C=C\C(O[Si](C)(C)C)(C(F)(F)F)C(F)(F)F)CC1. The van der Waals surface area contributed by atoms with Crippen molar-refractivity contribution < 1.29 is 95.4 Å². The number of carbonyl (C=O) groups excluding carboxylic acids is 1. The van der Waals surface area contributed by atoms with E-state index in [1.807, 2.05) is 79.7 Å². The molecule has 1 heterocycles. The number of Topliss-reactive ketones (excluding diaryl/α,β-unsaturated/α-hetero) is 1. The number of ketones is 1. The van der Waals surface area contributed by atoms with Gasteiger partial charge >= 0.3 is 24.7 Å². The van der Waals surface area contributed by atoms with Crippen molar-refractivity contribution in [3.8, 4) is 0 Å². The number of benzene rings is 2. The molecule has 1 aliphatic heterocycles. The van der Waals surface area contributed by atoms with Crippen molar-refractivity contribution in [3.63, 3.8) is 0 Å². The lowest BCUT2D eigenvalue weighted by Crippen LogP contribution is -2.61. The first kappa shape index (κ1) is 92.3. The minimum absolute atomic E-state index is 0.0223. The van der Waals surface area contributed by atoms with Gasteiger partial charge in [0.1, 0.15) is 12.9 Å². The van der Waals surface area contributed by atoms with E-state index in [1.165, 1.54) is 38.1 Å². The van der Waals surface area contributed by atoms with Gasteiger partial charge in [-0.25, -0.2) is 0 Å². The van der Waals surface area contributed by atoms with Crippen molar-refractivity contribution in [1.29, 1.82) is 0 Å². The van der Waals surface area contributed by atoms with Gasteiger partial charge in [-0.2, -0.15) is 52.7 Å². The van der Waals surface area contributed by atoms with E-state index >= 15 is 0 Å². The van der Waals surface area contributed by atoms with Crippen molar-refractivity contribution in [2.75, 3.05) is 19.4 Å². The molecular formula is C86H123F12O9PSi3. The molecule has 0 radical (unpaired) electrons. The van der Waals surface area contributed by atoms with Gasteiger partial charge in [-0.05, 0) is 229 Å². The number of rotatable bonds is 19. The molecular weight excluding hydrogens is 1520 g/mol. The van der Waals surface area contributed by atoms with Crippen molar-refractivity contribution in [3.05, 3.63) is 155 Å². The van der Waals surface area contributed by atoms with E-state index in [0.29, 0.717) is 63.9 Å². The fraction of sp³-hybridized carbons (Fsp3) is 0.663. The van der Waals surface area contributed by atoms with Crippen LogP contribution in [0.15, 0.2) is 155 Å². The monoisotopic (exact) mass is 1640 g/mol. The summed E-state index contributed by atoms with van der Waals surface area (Å²) in [6.45, 7) is 37.6. The Kier molecular flexibility index (Phi) is 28.6. The average molecular weight is 1640 g/mol. The summed E-state index contributed by atoms with van der Waals surface area (Å²) >= 11 is 0. The Morgan fingerprint density at radius 3 is 1.47 bits per heavy atom. The summed E-state index contributed by atoms with van der Waals surface area (Å²) in [5.74, 6) is 0.306. The smallest absolute Gasteiger partial charge is 0.413 e. The number of hydrogen-bond acceptors (Lipinski definition) is 9. The number of alkyl halides is 12. The molecule has 2 aromatic rings. The van der Waals surface area contributed by atoms with Crippen molar-refractivity contribution in [2.45, 2.75) is 306 Å². The summed E-state index contributed by atoms with van der Waals surface area (Å²) < 4.78 is 199.